The summed E-state index contributed by atoms with van der Waals surface area (Å²) in [6.45, 7) is 6.31. The van der Waals surface area contributed by atoms with Crippen LogP contribution in [0.1, 0.15) is 18.9 Å². The Bertz CT molecular complexity index is 380. The molecule has 0 aliphatic heterocycles. The minimum Gasteiger partial charge on any atom is -0.378 e. The highest BCUT2D eigenvalue weighted by Gasteiger charge is 2.15. The van der Waals surface area contributed by atoms with E-state index in [0.717, 1.165) is 19.5 Å². The molecule has 0 heterocycles. The van der Waals surface area contributed by atoms with E-state index in [2.05, 4.69) is 17.6 Å². The van der Waals surface area contributed by atoms with Gasteiger partial charge in [0.25, 0.3) is 5.69 Å². The Labute approximate surface area is 101 Å². The molecule has 0 saturated carbocycles. The number of nitrogens with zero attached hydrogens (tertiary/aromatic N) is 1. The summed E-state index contributed by atoms with van der Waals surface area (Å²) in [6, 6.07) is 5.31. The molecule has 1 aromatic carbocycles. The van der Waals surface area contributed by atoms with E-state index < -0.39 is 0 Å². The van der Waals surface area contributed by atoms with Crippen LogP contribution in [0.3, 0.4) is 0 Å². The molecule has 0 aromatic heterocycles. The third-order valence-corrected chi connectivity index (χ3v) is 2.46. The van der Waals surface area contributed by atoms with Gasteiger partial charge in [0.05, 0.1) is 4.92 Å². The molecule has 0 amide bonds. The lowest BCUT2D eigenvalue weighted by atomic mass is 10.1. The SMILES string of the molecule is CCCNCCNc1cccc(C)c1[N+](=O)[O-]. The minimum absolute atomic E-state index is 0.169. The molecule has 0 spiro atoms. The highest BCUT2D eigenvalue weighted by atomic mass is 16.6. The van der Waals surface area contributed by atoms with E-state index in [1.54, 1.807) is 19.1 Å². The highest BCUT2D eigenvalue weighted by molar-refractivity contribution is 5.64. The van der Waals surface area contributed by atoms with Crippen LogP contribution in [0.2, 0.25) is 0 Å². The van der Waals surface area contributed by atoms with Crippen molar-refractivity contribution in [3.05, 3.63) is 33.9 Å². The van der Waals surface area contributed by atoms with E-state index in [0.29, 0.717) is 17.8 Å². The van der Waals surface area contributed by atoms with E-state index in [9.17, 15) is 10.1 Å². The van der Waals surface area contributed by atoms with Gasteiger partial charge in [-0.3, -0.25) is 10.1 Å². The summed E-state index contributed by atoms with van der Waals surface area (Å²) in [7, 11) is 0. The molecule has 0 radical (unpaired) electrons. The van der Waals surface area contributed by atoms with Gasteiger partial charge >= 0.3 is 0 Å². The first kappa shape index (κ1) is 13.4. The van der Waals surface area contributed by atoms with Crippen molar-refractivity contribution in [1.29, 1.82) is 0 Å². The van der Waals surface area contributed by atoms with Crippen LogP contribution in [-0.4, -0.2) is 24.6 Å². The summed E-state index contributed by atoms with van der Waals surface area (Å²) in [5.41, 5.74) is 1.44. The lowest BCUT2D eigenvalue weighted by molar-refractivity contribution is -0.384. The molecule has 0 saturated heterocycles. The molecule has 1 rings (SSSR count). The molecule has 0 aliphatic rings. The quantitative estimate of drug-likeness (QED) is 0.434. The van der Waals surface area contributed by atoms with Gasteiger partial charge in [-0.05, 0) is 26.0 Å². The van der Waals surface area contributed by atoms with Crippen LogP contribution >= 0.6 is 0 Å². The number of rotatable bonds is 7. The Morgan fingerprint density at radius 1 is 1.29 bits per heavy atom. The second-order valence-electron chi connectivity index (χ2n) is 3.90. The van der Waals surface area contributed by atoms with E-state index in [-0.39, 0.29) is 10.6 Å². The van der Waals surface area contributed by atoms with Crippen LogP contribution in [0.25, 0.3) is 0 Å². The summed E-state index contributed by atoms with van der Waals surface area (Å²) in [6.07, 6.45) is 1.09. The van der Waals surface area contributed by atoms with Gasteiger partial charge < -0.3 is 10.6 Å². The summed E-state index contributed by atoms with van der Waals surface area (Å²) < 4.78 is 0. The first-order valence-corrected chi connectivity index (χ1v) is 5.85. The molecule has 0 aliphatic carbocycles. The summed E-state index contributed by atoms with van der Waals surface area (Å²) in [5, 5.41) is 17.3. The van der Waals surface area contributed by atoms with Crippen LogP contribution in [0, 0.1) is 17.0 Å². The predicted molar refractivity (Wildman–Crippen MR) is 69.5 cm³/mol. The first-order valence-electron chi connectivity index (χ1n) is 5.85. The molecule has 5 heteroatoms. The van der Waals surface area contributed by atoms with Crippen molar-refractivity contribution in [2.45, 2.75) is 20.3 Å². The number of benzene rings is 1. The standard InChI is InChI=1S/C12H19N3O2/c1-3-7-13-8-9-14-11-6-4-5-10(2)12(11)15(16)17/h4-6,13-14H,3,7-9H2,1-2H3. The largest absolute Gasteiger partial charge is 0.378 e. The lowest BCUT2D eigenvalue weighted by Gasteiger charge is -2.08. The van der Waals surface area contributed by atoms with Crippen molar-refractivity contribution in [2.75, 3.05) is 25.0 Å². The van der Waals surface area contributed by atoms with E-state index in [1.807, 2.05) is 6.07 Å². The third kappa shape index (κ3) is 4.03. The Balaban J connectivity index is 2.58. The van der Waals surface area contributed by atoms with Crippen molar-refractivity contribution in [2.24, 2.45) is 0 Å². The molecule has 2 N–H and O–H groups in total. The van der Waals surface area contributed by atoms with E-state index >= 15 is 0 Å². The molecular weight excluding hydrogens is 218 g/mol. The van der Waals surface area contributed by atoms with Gasteiger partial charge in [0, 0.05) is 18.7 Å². The van der Waals surface area contributed by atoms with E-state index in [1.165, 1.54) is 0 Å². The summed E-state index contributed by atoms with van der Waals surface area (Å²) in [5.74, 6) is 0. The fourth-order valence-electron chi connectivity index (χ4n) is 1.63. The van der Waals surface area contributed by atoms with Crippen molar-refractivity contribution >= 4 is 11.4 Å². The average Bonchev–Trinajstić information content (AvgIpc) is 2.28. The van der Waals surface area contributed by atoms with Gasteiger partial charge in [-0.15, -0.1) is 0 Å². The van der Waals surface area contributed by atoms with Gasteiger partial charge in [0.15, 0.2) is 0 Å². The van der Waals surface area contributed by atoms with Crippen molar-refractivity contribution in [3.63, 3.8) is 0 Å². The van der Waals surface area contributed by atoms with Gasteiger partial charge in [-0.2, -0.15) is 0 Å². The first-order chi connectivity index (χ1) is 8.16. The maximum absolute atomic E-state index is 10.9. The molecule has 0 unspecified atom stereocenters. The number of nitro groups is 1. The number of aryl methyl sites for hydroxylation is 1. The minimum atomic E-state index is -0.336. The molecule has 0 fully saturated rings. The van der Waals surface area contributed by atoms with Crippen molar-refractivity contribution in [3.8, 4) is 0 Å². The van der Waals surface area contributed by atoms with Crippen LogP contribution < -0.4 is 10.6 Å². The topological polar surface area (TPSA) is 67.2 Å². The van der Waals surface area contributed by atoms with Gasteiger partial charge in [-0.25, -0.2) is 0 Å². The second kappa shape index (κ2) is 6.85. The monoisotopic (exact) mass is 237 g/mol. The van der Waals surface area contributed by atoms with Crippen LogP contribution in [-0.2, 0) is 0 Å². The molecule has 0 atom stereocenters. The second-order valence-corrected chi connectivity index (χ2v) is 3.90. The number of hydrogen-bond donors (Lipinski definition) is 2. The van der Waals surface area contributed by atoms with Gasteiger partial charge in [-0.1, -0.05) is 19.1 Å². The number of hydrogen-bond acceptors (Lipinski definition) is 4. The summed E-state index contributed by atoms with van der Waals surface area (Å²) in [4.78, 5) is 10.6. The molecule has 5 nitrogen and oxygen atoms in total. The zero-order valence-corrected chi connectivity index (χ0v) is 10.3. The fourth-order valence-corrected chi connectivity index (χ4v) is 1.63. The van der Waals surface area contributed by atoms with Gasteiger partial charge in [0.2, 0.25) is 0 Å². The van der Waals surface area contributed by atoms with Crippen molar-refractivity contribution in [1.82, 2.24) is 5.32 Å². The number of nitro benzene ring substituents is 1. The van der Waals surface area contributed by atoms with E-state index in [4.69, 9.17) is 0 Å². The average molecular weight is 237 g/mol. The van der Waals surface area contributed by atoms with Crippen LogP contribution in [0.4, 0.5) is 11.4 Å². The third-order valence-electron chi connectivity index (χ3n) is 2.46. The van der Waals surface area contributed by atoms with Crippen molar-refractivity contribution < 1.29 is 4.92 Å². The van der Waals surface area contributed by atoms with Crippen LogP contribution in [0.5, 0.6) is 0 Å². The zero-order chi connectivity index (χ0) is 12.7. The Morgan fingerprint density at radius 3 is 2.71 bits per heavy atom. The molecular formula is C12H19N3O2. The fraction of sp³-hybridized carbons (Fsp3) is 0.500. The Morgan fingerprint density at radius 2 is 2.06 bits per heavy atom. The highest BCUT2D eigenvalue weighted by Crippen LogP contribution is 2.27. The molecule has 1 aromatic rings. The number of anilines is 1. The molecule has 0 bridgehead atoms. The maximum Gasteiger partial charge on any atom is 0.295 e. The van der Waals surface area contributed by atoms with Gasteiger partial charge in [0.1, 0.15) is 5.69 Å². The Kier molecular flexibility index (Phi) is 5.42. The number of nitrogens with one attached hydrogen (secondary N) is 2. The lowest BCUT2D eigenvalue weighted by Crippen LogP contribution is -2.23. The molecule has 17 heavy (non-hydrogen) atoms. The predicted octanol–water partition coefficient (Wildman–Crippen LogP) is 2.31. The van der Waals surface area contributed by atoms with Crippen LogP contribution in [0.15, 0.2) is 18.2 Å². The smallest absolute Gasteiger partial charge is 0.295 e. The molecule has 94 valence electrons. The Hall–Kier alpha value is -1.62. The normalized spacial score (nSPS) is 10.2. The number of para-hydroxylation sites is 1. The summed E-state index contributed by atoms with van der Waals surface area (Å²) >= 11 is 0. The maximum atomic E-state index is 10.9. The zero-order valence-electron chi connectivity index (χ0n) is 10.3.